The minimum atomic E-state index is -3.73. The van der Waals surface area contributed by atoms with Gasteiger partial charge in [-0.1, -0.05) is 6.07 Å². The first-order valence-electron chi connectivity index (χ1n) is 6.15. The zero-order valence-corrected chi connectivity index (χ0v) is 12.4. The van der Waals surface area contributed by atoms with Crippen LogP contribution in [0.25, 0.3) is 0 Å². The molecule has 0 amide bonds. The van der Waals surface area contributed by atoms with E-state index in [9.17, 15) is 16.8 Å². The second-order valence-corrected chi connectivity index (χ2v) is 8.05. The fourth-order valence-electron chi connectivity index (χ4n) is 2.13. The van der Waals surface area contributed by atoms with Crippen LogP contribution in [-0.2, 0) is 26.5 Å². The number of hydrogen-bond donors (Lipinski definition) is 3. The summed E-state index contributed by atoms with van der Waals surface area (Å²) in [5.41, 5.74) is 1.55. The molecule has 1 aromatic carbocycles. The van der Waals surface area contributed by atoms with Gasteiger partial charge in [-0.05, 0) is 30.5 Å². The van der Waals surface area contributed by atoms with Gasteiger partial charge in [0.2, 0.25) is 20.0 Å². The Hall–Kier alpha value is -1.16. The van der Waals surface area contributed by atoms with Crippen LogP contribution in [0.2, 0.25) is 0 Å². The summed E-state index contributed by atoms with van der Waals surface area (Å²) >= 11 is 0. The lowest BCUT2D eigenvalue weighted by Crippen LogP contribution is -2.32. The predicted molar refractivity (Wildman–Crippen MR) is 76.4 cm³/mol. The van der Waals surface area contributed by atoms with Gasteiger partial charge in [0.15, 0.2) is 0 Å². The number of anilines is 1. The molecule has 1 heterocycles. The Morgan fingerprint density at radius 1 is 1.25 bits per heavy atom. The van der Waals surface area contributed by atoms with Gasteiger partial charge >= 0.3 is 0 Å². The van der Waals surface area contributed by atoms with Gasteiger partial charge in [0.25, 0.3) is 0 Å². The van der Waals surface area contributed by atoms with E-state index in [4.69, 9.17) is 5.14 Å². The molecule has 0 saturated carbocycles. The van der Waals surface area contributed by atoms with Crippen molar-refractivity contribution in [3.63, 3.8) is 0 Å². The molecule has 0 fully saturated rings. The van der Waals surface area contributed by atoms with E-state index < -0.39 is 25.8 Å². The molecule has 2 rings (SSSR count). The summed E-state index contributed by atoms with van der Waals surface area (Å²) in [5.74, 6) is -0.431. The Labute approximate surface area is 118 Å². The van der Waals surface area contributed by atoms with Crippen LogP contribution in [0.5, 0.6) is 0 Å². The lowest BCUT2D eigenvalue weighted by Gasteiger charge is -2.20. The smallest absolute Gasteiger partial charge is 0.240 e. The second kappa shape index (κ2) is 5.68. The van der Waals surface area contributed by atoms with Crippen LogP contribution in [0.3, 0.4) is 0 Å². The van der Waals surface area contributed by atoms with Crippen molar-refractivity contribution in [1.82, 2.24) is 4.72 Å². The fraction of sp³-hybridized carbons (Fsp3) is 0.455. The van der Waals surface area contributed by atoms with Crippen molar-refractivity contribution in [2.45, 2.75) is 17.7 Å². The number of nitrogens with one attached hydrogen (secondary N) is 2. The highest BCUT2D eigenvalue weighted by molar-refractivity contribution is 7.90. The molecular formula is C11H17N3O4S2. The number of benzene rings is 1. The highest BCUT2D eigenvalue weighted by Gasteiger charge is 2.22. The summed E-state index contributed by atoms with van der Waals surface area (Å²) in [6.45, 7) is 0.577. The molecule has 0 aliphatic carbocycles. The Kier molecular flexibility index (Phi) is 4.33. The molecule has 0 unspecified atom stereocenters. The van der Waals surface area contributed by atoms with Crippen molar-refractivity contribution in [3.8, 4) is 0 Å². The molecule has 0 radical (unpaired) electrons. The second-order valence-electron chi connectivity index (χ2n) is 4.58. The molecule has 4 N–H and O–H groups in total. The third-order valence-corrected chi connectivity index (χ3v) is 5.34. The number of hydrogen-bond acceptors (Lipinski definition) is 5. The van der Waals surface area contributed by atoms with E-state index in [0.29, 0.717) is 6.42 Å². The van der Waals surface area contributed by atoms with Gasteiger partial charge < -0.3 is 5.32 Å². The molecule has 1 aliphatic heterocycles. The largest absolute Gasteiger partial charge is 0.385 e. The third kappa shape index (κ3) is 3.69. The van der Waals surface area contributed by atoms with E-state index >= 15 is 0 Å². The molecular weight excluding hydrogens is 302 g/mol. The summed E-state index contributed by atoms with van der Waals surface area (Å²) in [4.78, 5) is 0.191. The molecule has 1 aliphatic rings. The first-order chi connectivity index (χ1) is 9.30. The van der Waals surface area contributed by atoms with Crippen molar-refractivity contribution < 1.29 is 16.8 Å². The molecule has 9 heteroatoms. The number of sulfonamides is 2. The van der Waals surface area contributed by atoms with Gasteiger partial charge in [-0.15, -0.1) is 0 Å². The van der Waals surface area contributed by atoms with E-state index in [1.807, 2.05) is 6.07 Å². The zero-order chi connectivity index (χ0) is 14.8. The van der Waals surface area contributed by atoms with Gasteiger partial charge in [-0.3, -0.25) is 0 Å². The minimum Gasteiger partial charge on any atom is -0.385 e. The Morgan fingerprint density at radius 3 is 2.70 bits per heavy atom. The molecule has 0 saturated heterocycles. The van der Waals surface area contributed by atoms with Crippen molar-refractivity contribution in [2.24, 2.45) is 5.14 Å². The zero-order valence-electron chi connectivity index (χ0n) is 10.8. The maximum atomic E-state index is 12.2. The highest BCUT2D eigenvalue weighted by atomic mass is 32.2. The number of nitrogens with two attached hydrogens (primary N) is 1. The van der Waals surface area contributed by atoms with Gasteiger partial charge in [0.05, 0.1) is 10.6 Å². The minimum absolute atomic E-state index is 0.191. The lowest BCUT2D eigenvalue weighted by molar-refractivity contribution is 0.579. The lowest BCUT2D eigenvalue weighted by atomic mass is 10.0. The Morgan fingerprint density at radius 2 is 2.00 bits per heavy atom. The summed E-state index contributed by atoms with van der Waals surface area (Å²) in [7, 11) is -7.42. The third-order valence-electron chi connectivity index (χ3n) is 3.02. The van der Waals surface area contributed by atoms with Crippen molar-refractivity contribution in [2.75, 3.05) is 24.2 Å². The van der Waals surface area contributed by atoms with Crippen LogP contribution in [0.1, 0.15) is 12.0 Å². The summed E-state index contributed by atoms with van der Waals surface area (Å²) < 4.78 is 48.3. The van der Waals surface area contributed by atoms with E-state index in [1.165, 1.54) is 6.07 Å². The molecule has 0 aromatic heterocycles. The average Bonchev–Trinajstić information content (AvgIpc) is 2.36. The van der Waals surface area contributed by atoms with Gasteiger partial charge in [0, 0.05) is 18.8 Å². The van der Waals surface area contributed by atoms with E-state index in [2.05, 4.69) is 10.0 Å². The monoisotopic (exact) mass is 319 g/mol. The first-order valence-corrected chi connectivity index (χ1v) is 9.35. The van der Waals surface area contributed by atoms with Gasteiger partial charge in [-0.25, -0.2) is 26.7 Å². The molecule has 0 spiro atoms. The van der Waals surface area contributed by atoms with Crippen LogP contribution >= 0.6 is 0 Å². The standard InChI is InChI=1S/C11H17N3O4S2/c12-19(15,16)8-7-14-20(17,18)11-5-1-4-10-9(11)3-2-6-13-10/h1,4-5,13-14H,2-3,6-8H2,(H2,12,15,16). The number of fused-ring (bicyclic) bond motifs is 1. The topological polar surface area (TPSA) is 118 Å². The molecule has 0 bridgehead atoms. The number of primary sulfonamides is 1. The van der Waals surface area contributed by atoms with Gasteiger partial charge in [-0.2, -0.15) is 0 Å². The van der Waals surface area contributed by atoms with Crippen LogP contribution in [-0.4, -0.2) is 35.7 Å². The SMILES string of the molecule is NS(=O)(=O)CCNS(=O)(=O)c1cccc2c1CCCN2. The Balaban J connectivity index is 2.22. The van der Waals surface area contributed by atoms with E-state index in [0.717, 1.165) is 24.2 Å². The first kappa shape index (κ1) is 15.2. The van der Waals surface area contributed by atoms with Crippen molar-refractivity contribution in [3.05, 3.63) is 23.8 Å². The maximum Gasteiger partial charge on any atom is 0.240 e. The average molecular weight is 319 g/mol. The molecule has 112 valence electrons. The van der Waals surface area contributed by atoms with E-state index in [-0.39, 0.29) is 11.4 Å². The summed E-state index contributed by atoms with van der Waals surface area (Å²) in [5, 5.41) is 7.99. The van der Waals surface area contributed by atoms with Crippen molar-refractivity contribution >= 4 is 25.7 Å². The van der Waals surface area contributed by atoms with Crippen molar-refractivity contribution in [1.29, 1.82) is 0 Å². The molecule has 0 atom stereocenters. The van der Waals surface area contributed by atoms with E-state index in [1.54, 1.807) is 6.07 Å². The summed E-state index contributed by atoms with van der Waals surface area (Å²) in [6, 6.07) is 5.01. The van der Waals surface area contributed by atoms with Crippen LogP contribution in [0.4, 0.5) is 5.69 Å². The highest BCUT2D eigenvalue weighted by Crippen LogP contribution is 2.28. The molecule has 20 heavy (non-hydrogen) atoms. The maximum absolute atomic E-state index is 12.2. The molecule has 7 nitrogen and oxygen atoms in total. The van der Waals surface area contributed by atoms with Gasteiger partial charge in [0.1, 0.15) is 0 Å². The quantitative estimate of drug-likeness (QED) is 0.683. The Bertz CT molecular complexity index is 698. The van der Waals surface area contributed by atoms with Crippen LogP contribution in [0.15, 0.2) is 23.1 Å². The van der Waals surface area contributed by atoms with Crippen LogP contribution in [0, 0.1) is 0 Å². The fourth-order valence-corrected chi connectivity index (χ4v) is 3.96. The number of rotatable bonds is 5. The normalized spacial score (nSPS) is 15.4. The molecule has 1 aromatic rings. The predicted octanol–water partition coefficient (Wildman–Crippen LogP) is -0.388. The summed E-state index contributed by atoms with van der Waals surface area (Å²) in [6.07, 6.45) is 1.53. The van der Waals surface area contributed by atoms with Crippen LogP contribution < -0.4 is 15.2 Å².